The van der Waals surface area contributed by atoms with Crippen LogP contribution in [0.3, 0.4) is 0 Å². The zero-order valence-corrected chi connectivity index (χ0v) is 16.7. The molecule has 0 atom stereocenters. The molecule has 0 bridgehead atoms. The number of aromatic nitrogens is 1. The zero-order valence-electron chi connectivity index (χ0n) is 15.9. The van der Waals surface area contributed by atoms with Gasteiger partial charge in [0, 0.05) is 17.8 Å². The number of benzene rings is 2. The summed E-state index contributed by atoms with van der Waals surface area (Å²) in [6.45, 7) is 5.34. The van der Waals surface area contributed by atoms with Gasteiger partial charge in [-0.05, 0) is 36.8 Å². The Hall–Kier alpha value is -3.23. The molecule has 8 heteroatoms. The van der Waals surface area contributed by atoms with E-state index in [-0.39, 0.29) is 18.0 Å². The molecular formula is C21H21N3O4S. The largest absolute Gasteiger partial charge is 0.441 e. The number of aryl methyl sites for hydroxylation is 1. The number of nitrogens with one attached hydrogen (secondary N) is 2. The lowest BCUT2D eigenvalue weighted by molar-refractivity contribution is 0.102. The fraction of sp³-hybridized carbons (Fsp3) is 0.143. The molecule has 0 fully saturated rings. The van der Waals surface area contributed by atoms with Crippen molar-refractivity contribution in [2.75, 3.05) is 11.9 Å². The van der Waals surface area contributed by atoms with Crippen LogP contribution in [0.4, 0.5) is 5.69 Å². The lowest BCUT2D eigenvalue weighted by Crippen LogP contribution is -2.25. The molecule has 2 aromatic carbocycles. The van der Waals surface area contributed by atoms with Crippen LogP contribution in [-0.2, 0) is 15.8 Å². The smallest absolute Gasteiger partial charge is 0.277 e. The fourth-order valence-corrected chi connectivity index (χ4v) is 3.75. The SMILES string of the molecule is C=CCNS(=O)(=O)Cc1ccc(NC(=O)c2nc(-c3ccccc3)oc2C)cc1. The molecule has 0 aliphatic heterocycles. The summed E-state index contributed by atoms with van der Waals surface area (Å²) in [4.78, 5) is 16.9. The molecule has 0 radical (unpaired) electrons. The molecule has 150 valence electrons. The number of oxazole rings is 1. The topological polar surface area (TPSA) is 101 Å². The molecule has 0 aliphatic rings. The van der Waals surface area contributed by atoms with E-state index in [1.54, 1.807) is 31.2 Å². The van der Waals surface area contributed by atoms with Crippen molar-refractivity contribution >= 4 is 21.6 Å². The second-order valence-corrected chi connectivity index (χ2v) is 8.14. The molecule has 0 aliphatic carbocycles. The van der Waals surface area contributed by atoms with Crippen molar-refractivity contribution in [3.05, 3.63) is 84.3 Å². The number of carbonyl (C=O) groups excluding carboxylic acids is 1. The minimum Gasteiger partial charge on any atom is -0.441 e. The Labute approximate surface area is 169 Å². The quantitative estimate of drug-likeness (QED) is 0.553. The van der Waals surface area contributed by atoms with Crippen LogP contribution in [0, 0.1) is 6.92 Å². The number of carbonyl (C=O) groups is 1. The van der Waals surface area contributed by atoms with Crippen LogP contribution < -0.4 is 10.0 Å². The number of hydrogen-bond donors (Lipinski definition) is 2. The summed E-state index contributed by atoms with van der Waals surface area (Å²) in [5.41, 5.74) is 2.11. The highest BCUT2D eigenvalue weighted by Crippen LogP contribution is 2.22. The van der Waals surface area contributed by atoms with Crippen molar-refractivity contribution < 1.29 is 17.6 Å². The third-order valence-electron chi connectivity index (χ3n) is 4.05. The van der Waals surface area contributed by atoms with Gasteiger partial charge in [-0.2, -0.15) is 0 Å². The number of nitrogens with zero attached hydrogens (tertiary/aromatic N) is 1. The van der Waals surface area contributed by atoms with Crippen molar-refractivity contribution in [1.82, 2.24) is 9.71 Å². The standard InChI is InChI=1S/C21H21N3O4S/c1-3-13-22-29(26,27)14-16-9-11-18(12-10-16)23-20(25)19-15(2)28-21(24-19)17-7-5-4-6-8-17/h3-12,22H,1,13-14H2,2H3,(H,23,25). The van der Waals surface area contributed by atoms with Gasteiger partial charge in [0.05, 0.1) is 5.75 Å². The van der Waals surface area contributed by atoms with Gasteiger partial charge in [-0.25, -0.2) is 18.1 Å². The van der Waals surface area contributed by atoms with Crippen LogP contribution in [0.25, 0.3) is 11.5 Å². The van der Waals surface area contributed by atoms with Crippen molar-refractivity contribution in [2.45, 2.75) is 12.7 Å². The van der Waals surface area contributed by atoms with E-state index in [2.05, 4.69) is 21.6 Å². The average molecular weight is 411 g/mol. The average Bonchev–Trinajstić information content (AvgIpc) is 3.10. The molecule has 1 amide bonds. The summed E-state index contributed by atoms with van der Waals surface area (Å²) in [6, 6.07) is 15.9. The van der Waals surface area contributed by atoms with Crippen LogP contribution in [0.1, 0.15) is 21.8 Å². The minimum atomic E-state index is -3.44. The Kier molecular flexibility index (Phi) is 6.26. The number of hydrogen-bond acceptors (Lipinski definition) is 5. The fourth-order valence-electron chi connectivity index (χ4n) is 2.64. The van der Waals surface area contributed by atoms with Crippen LogP contribution in [0.5, 0.6) is 0 Å². The van der Waals surface area contributed by atoms with Crippen LogP contribution in [0.2, 0.25) is 0 Å². The summed E-state index contributed by atoms with van der Waals surface area (Å²) >= 11 is 0. The van der Waals surface area contributed by atoms with Gasteiger partial charge >= 0.3 is 0 Å². The Bertz CT molecular complexity index is 1100. The Morgan fingerprint density at radius 2 is 1.83 bits per heavy atom. The van der Waals surface area contributed by atoms with E-state index in [4.69, 9.17) is 4.42 Å². The number of rotatable bonds is 8. The molecule has 1 heterocycles. The first-order chi connectivity index (χ1) is 13.9. The zero-order chi connectivity index (χ0) is 20.9. The van der Waals surface area contributed by atoms with E-state index in [1.165, 1.54) is 6.08 Å². The molecule has 7 nitrogen and oxygen atoms in total. The number of anilines is 1. The maximum Gasteiger partial charge on any atom is 0.277 e. The van der Waals surface area contributed by atoms with Crippen molar-refractivity contribution in [3.8, 4) is 11.5 Å². The second-order valence-electron chi connectivity index (χ2n) is 6.34. The van der Waals surface area contributed by atoms with Gasteiger partial charge in [-0.15, -0.1) is 6.58 Å². The van der Waals surface area contributed by atoms with E-state index >= 15 is 0 Å². The summed E-state index contributed by atoms with van der Waals surface area (Å²) in [7, 11) is -3.44. The highest BCUT2D eigenvalue weighted by Gasteiger charge is 2.18. The molecule has 3 rings (SSSR count). The molecule has 0 saturated carbocycles. The van der Waals surface area contributed by atoms with Crippen molar-refractivity contribution in [3.63, 3.8) is 0 Å². The number of amides is 1. The Morgan fingerprint density at radius 1 is 1.14 bits per heavy atom. The third-order valence-corrected chi connectivity index (χ3v) is 5.37. The first-order valence-electron chi connectivity index (χ1n) is 8.89. The van der Waals surface area contributed by atoms with Crippen LogP contribution in [0.15, 0.2) is 71.7 Å². The van der Waals surface area contributed by atoms with Crippen LogP contribution >= 0.6 is 0 Å². The van der Waals surface area contributed by atoms with Crippen molar-refractivity contribution in [2.24, 2.45) is 0 Å². The van der Waals surface area contributed by atoms with Gasteiger partial charge in [0.1, 0.15) is 5.76 Å². The third kappa shape index (κ3) is 5.40. The summed E-state index contributed by atoms with van der Waals surface area (Å²) in [6.07, 6.45) is 1.48. The molecule has 0 saturated heterocycles. The molecule has 2 N–H and O–H groups in total. The van der Waals surface area contributed by atoms with Crippen molar-refractivity contribution in [1.29, 1.82) is 0 Å². The highest BCUT2D eigenvalue weighted by atomic mass is 32.2. The second kappa shape index (κ2) is 8.85. The molecule has 3 aromatic rings. The van der Waals surface area contributed by atoms with Crippen LogP contribution in [-0.4, -0.2) is 25.9 Å². The van der Waals surface area contributed by atoms with Gasteiger partial charge in [-0.3, -0.25) is 4.79 Å². The minimum absolute atomic E-state index is 0.155. The lowest BCUT2D eigenvalue weighted by atomic mass is 10.2. The van der Waals surface area contributed by atoms with E-state index in [0.29, 0.717) is 22.9 Å². The first-order valence-corrected chi connectivity index (χ1v) is 10.5. The molecule has 0 spiro atoms. The predicted molar refractivity (Wildman–Crippen MR) is 112 cm³/mol. The molecule has 0 unspecified atom stereocenters. The van der Waals surface area contributed by atoms with E-state index < -0.39 is 15.9 Å². The Balaban J connectivity index is 1.68. The molecular weight excluding hydrogens is 390 g/mol. The lowest BCUT2D eigenvalue weighted by Gasteiger charge is -2.07. The summed E-state index contributed by atoms with van der Waals surface area (Å²) in [5, 5.41) is 2.75. The van der Waals surface area contributed by atoms with E-state index in [1.807, 2.05) is 30.3 Å². The van der Waals surface area contributed by atoms with Gasteiger partial charge < -0.3 is 9.73 Å². The maximum atomic E-state index is 12.6. The number of sulfonamides is 1. The monoisotopic (exact) mass is 411 g/mol. The van der Waals surface area contributed by atoms with Gasteiger partial charge in [0.15, 0.2) is 5.69 Å². The predicted octanol–water partition coefficient (Wildman–Crippen LogP) is 3.51. The Morgan fingerprint density at radius 3 is 2.48 bits per heavy atom. The van der Waals surface area contributed by atoms with E-state index in [0.717, 1.165) is 5.56 Å². The molecule has 1 aromatic heterocycles. The van der Waals surface area contributed by atoms with Gasteiger partial charge in [-0.1, -0.05) is 36.4 Å². The summed E-state index contributed by atoms with van der Waals surface area (Å²) < 4.78 is 31.9. The van der Waals surface area contributed by atoms with Gasteiger partial charge in [0.25, 0.3) is 5.91 Å². The normalized spacial score (nSPS) is 11.2. The van der Waals surface area contributed by atoms with E-state index in [9.17, 15) is 13.2 Å². The maximum absolute atomic E-state index is 12.6. The highest BCUT2D eigenvalue weighted by molar-refractivity contribution is 7.88. The first kappa shape index (κ1) is 20.5. The van der Waals surface area contributed by atoms with Gasteiger partial charge in [0.2, 0.25) is 15.9 Å². The summed E-state index contributed by atoms with van der Waals surface area (Å²) in [5.74, 6) is 0.234. The molecule has 29 heavy (non-hydrogen) atoms.